The second kappa shape index (κ2) is 12.9. The van der Waals surface area contributed by atoms with Crippen molar-refractivity contribution in [2.75, 3.05) is 5.32 Å². The third-order valence-corrected chi connectivity index (χ3v) is 10.5. The van der Waals surface area contributed by atoms with Crippen LogP contribution < -0.4 is 21.7 Å². The molecule has 10 heteroatoms. The minimum Gasteiger partial charge on any atom is -0.352 e. The van der Waals surface area contributed by atoms with Gasteiger partial charge in [-0.05, 0) is 78.7 Å². The molecule has 0 bridgehead atoms. The number of carbonyl (C=O) groups excluding carboxylic acids is 3. The molecule has 1 spiro atoms. The minimum atomic E-state index is -1.30. The largest absolute Gasteiger partial charge is 0.352 e. The van der Waals surface area contributed by atoms with Crippen LogP contribution in [0.3, 0.4) is 0 Å². The van der Waals surface area contributed by atoms with Crippen LogP contribution in [0.4, 0.5) is 10.1 Å². The number of carbonyl (C=O) groups is 3. The van der Waals surface area contributed by atoms with Crippen LogP contribution in [0, 0.1) is 23.1 Å². The van der Waals surface area contributed by atoms with E-state index in [0.29, 0.717) is 29.1 Å². The highest BCUT2D eigenvalue weighted by atomic mass is 35.5. The van der Waals surface area contributed by atoms with Gasteiger partial charge in [0, 0.05) is 35.1 Å². The van der Waals surface area contributed by atoms with Gasteiger partial charge >= 0.3 is 0 Å². The molecular formula is C35H45Cl2FN4O3. The molecule has 0 unspecified atom stereocenters. The first-order valence-electron chi connectivity index (χ1n) is 16.0. The molecule has 5 atom stereocenters. The van der Waals surface area contributed by atoms with Gasteiger partial charge in [0.2, 0.25) is 11.8 Å². The summed E-state index contributed by atoms with van der Waals surface area (Å²) in [6, 6.07) is 8.03. The second-order valence-electron chi connectivity index (χ2n) is 14.8. The van der Waals surface area contributed by atoms with Gasteiger partial charge in [-0.15, -0.1) is 0 Å². The second-order valence-corrected chi connectivity index (χ2v) is 15.6. The molecule has 2 aromatic rings. The van der Waals surface area contributed by atoms with Crippen LogP contribution in [0.2, 0.25) is 10.0 Å². The molecule has 45 heavy (non-hydrogen) atoms. The Hall–Kier alpha value is -2.52. The number of halogens is 3. The van der Waals surface area contributed by atoms with Crippen LogP contribution in [-0.2, 0) is 19.8 Å². The van der Waals surface area contributed by atoms with Gasteiger partial charge < -0.3 is 21.7 Å². The van der Waals surface area contributed by atoms with Crippen molar-refractivity contribution >= 4 is 46.5 Å². The number of fused-ring (bicyclic) bond motifs is 2. The summed E-state index contributed by atoms with van der Waals surface area (Å²) in [5, 5.41) is 10.2. The smallest absolute Gasteiger partial charge is 0.238 e. The normalized spacial score (nSPS) is 28.7. The standard InChI is InChI=1S/C35H45Cl2FN4O3/c1-18(2)30(39)26(43)15-19-9-12-21(13-10-19)40-32(44)31-28(22-7-6-8-24(37)29(22)38)35(27(42-31)17-34(3,4)5)23-14-11-20(36)16-25(23)41-33(35)45/h6-8,11,14,16,18-19,21,27-28,30-31,42H,9-10,12-13,15,17,39H2,1-5H3,(H,40,44)(H,41,45)/t19?,21?,27-,28+,30-,31-,35+/m1/s1. The summed E-state index contributed by atoms with van der Waals surface area (Å²) >= 11 is 12.6. The van der Waals surface area contributed by atoms with Gasteiger partial charge in [0.15, 0.2) is 0 Å². The number of ketones is 1. The van der Waals surface area contributed by atoms with E-state index in [4.69, 9.17) is 28.9 Å². The lowest BCUT2D eigenvalue weighted by atomic mass is 9.62. The van der Waals surface area contributed by atoms with Crippen molar-refractivity contribution in [3.8, 4) is 0 Å². The summed E-state index contributed by atoms with van der Waals surface area (Å²) in [4.78, 5) is 41.2. The van der Waals surface area contributed by atoms with Crippen molar-refractivity contribution in [3.63, 3.8) is 0 Å². The number of Topliss-reactive ketones (excluding diaryl/α,β-unsaturated/α-hetero) is 1. The van der Waals surface area contributed by atoms with Crippen LogP contribution in [0.15, 0.2) is 36.4 Å². The van der Waals surface area contributed by atoms with E-state index in [0.717, 1.165) is 25.7 Å². The summed E-state index contributed by atoms with van der Waals surface area (Å²) in [7, 11) is 0. The maximum Gasteiger partial charge on any atom is 0.238 e. The lowest BCUT2D eigenvalue weighted by Gasteiger charge is -2.38. The van der Waals surface area contributed by atoms with Gasteiger partial charge in [0.05, 0.1) is 17.1 Å². The third-order valence-electron chi connectivity index (χ3n) is 9.99. The molecule has 0 aromatic heterocycles. The van der Waals surface area contributed by atoms with Gasteiger partial charge in [0.1, 0.15) is 17.0 Å². The topological polar surface area (TPSA) is 113 Å². The summed E-state index contributed by atoms with van der Waals surface area (Å²) in [6.45, 7) is 10.1. The molecule has 2 aliphatic heterocycles. The average Bonchev–Trinajstić information content (AvgIpc) is 3.44. The first kappa shape index (κ1) is 33.8. The van der Waals surface area contributed by atoms with E-state index >= 15 is 4.39 Å². The SMILES string of the molecule is CC(C)[C@@H](N)C(=O)CC1CCC(NC(=O)[C@@H]2N[C@H](CC(C)(C)C)[C@]3(C(=O)Nc4cc(Cl)ccc43)[C@H]2c2cccc(Cl)c2F)CC1. The van der Waals surface area contributed by atoms with Gasteiger partial charge in [-0.3, -0.25) is 14.4 Å². The highest BCUT2D eigenvalue weighted by Gasteiger charge is 2.66. The molecule has 1 saturated heterocycles. The average molecular weight is 660 g/mol. The quantitative estimate of drug-likeness (QED) is 0.259. The zero-order valence-electron chi connectivity index (χ0n) is 26.7. The number of hydrogen-bond acceptors (Lipinski definition) is 5. The van der Waals surface area contributed by atoms with Crippen molar-refractivity contribution in [1.29, 1.82) is 0 Å². The number of benzene rings is 2. The molecule has 2 fully saturated rings. The Labute approximate surface area is 275 Å². The van der Waals surface area contributed by atoms with Crippen LogP contribution in [-0.4, -0.2) is 41.8 Å². The molecule has 244 valence electrons. The molecule has 0 radical (unpaired) electrons. The Bertz CT molecular complexity index is 1470. The Kier molecular flexibility index (Phi) is 9.73. The van der Waals surface area contributed by atoms with Crippen molar-refractivity contribution in [2.45, 2.75) is 109 Å². The van der Waals surface area contributed by atoms with E-state index in [1.165, 1.54) is 6.07 Å². The fourth-order valence-corrected chi connectivity index (χ4v) is 8.10. The first-order valence-corrected chi connectivity index (χ1v) is 16.8. The molecule has 3 aliphatic rings. The van der Waals surface area contributed by atoms with Crippen LogP contribution in [0.1, 0.15) is 90.2 Å². The number of nitrogens with one attached hydrogen (secondary N) is 3. The number of rotatable bonds is 8. The molecule has 2 aromatic carbocycles. The fraction of sp³-hybridized carbons (Fsp3) is 0.571. The Morgan fingerprint density at radius 2 is 1.80 bits per heavy atom. The molecule has 5 rings (SSSR count). The van der Waals surface area contributed by atoms with E-state index in [-0.39, 0.29) is 51.5 Å². The minimum absolute atomic E-state index is 0.0686. The maximum absolute atomic E-state index is 16.0. The number of nitrogens with two attached hydrogens (primary N) is 1. The lowest BCUT2D eigenvalue weighted by Crippen LogP contribution is -2.50. The molecule has 2 amide bonds. The van der Waals surface area contributed by atoms with Gasteiger partial charge in [0.25, 0.3) is 0 Å². The van der Waals surface area contributed by atoms with Crippen LogP contribution in [0.5, 0.6) is 0 Å². The van der Waals surface area contributed by atoms with Gasteiger partial charge in [-0.25, -0.2) is 4.39 Å². The van der Waals surface area contributed by atoms with Crippen molar-refractivity contribution in [2.24, 2.45) is 23.0 Å². The molecule has 1 aliphatic carbocycles. The van der Waals surface area contributed by atoms with Crippen LogP contribution in [0.25, 0.3) is 0 Å². The third kappa shape index (κ3) is 6.53. The first-order chi connectivity index (χ1) is 21.1. The van der Waals surface area contributed by atoms with E-state index < -0.39 is 35.3 Å². The molecular weight excluding hydrogens is 614 g/mol. The molecule has 5 N–H and O–H groups in total. The van der Waals surface area contributed by atoms with Crippen molar-refractivity contribution in [3.05, 3.63) is 63.4 Å². The van der Waals surface area contributed by atoms with E-state index in [2.05, 4.69) is 36.7 Å². The Morgan fingerprint density at radius 1 is 1.11 bits per heavy atom. The predicted molar refractivity (Wildman–Crippen MR) is 177 cm³/mol. The molecule has 1 saturated carbocycles. The predicted octanol–water partition coefficient (Wildman–Crippen LogP) is 6.50. The van der Waals surface area contributed by atoms with E-state index in [9.17, 15) is 14.4 Å². The number of amides is 2. The monoisotopic (exact) mass is 658 g/mol. The lowest BCUT2D eigenvalue weighted by molar-refractivity contribution is -0.125. The number of anilines is 1. The molecule has 7 nitrogen and oxygen atoms in total. The zero-order valence-corrected chi connectivity index (χ0v) is 28.2. The Balaban J connectivity index is 1.48. The highest BCUT2D eigenvalue weighted by Crippen LogP contribution is 2.57. The maximum atomic E-state index is 16.0. The summed E-state index contributed by atoms with van der Waals surface area (Å²) < 4.78 is 16.0. The summed E-state index contributed by atoms with van der Waals surface area (Å²) in [6.07, 6.45) is 4.06. The zero-order chi connectivity index (χ0) is 32.8. The van der Waals surface area contributed by atoms with E-state index in [1.807, 2.05) is 19.9 Å². The fourth-order valence-electron chi connectivity index (χ4n) is 7.75. The number of hydrogen-bond donors (Lipinski definition) is 4. The van der Waals surface area contributed by atoms with Crippen LogP contribution >= 0.6 is 23.2 Å². The van der Waals surface area contributed by atoms with Crippen molar-refractivity contribution in [1.82, 2.24) is 10.6 Å². The molecule has 2 heterocycles. The Morgan fingerprint density at radius 3 is 2.44 bits per heavy atom. The summed E-state index contributed by atoms with van der Waals surface area (Å²) in [5.41, 5.74) is 6.02. The van der Waals surface area contributed by atoms with E-state index in [1.54, 1.807) is 24.3 Å². The highest BCUT2D eigenvalue weighted by molar-refractivity contribution is 6.31. The summed E-state index contributed by atoms with van der Waals surface area (Å²) in [5.74, 6) is -1.70. The van der Waals surface area contributed by atoms with Gasteiger partial charge in [-0.2, -0.15) is 0 Å². The van der Waals surface area contributed by atoms with Gasteiger partial charge in [-0.1, -0.05) is 76.0 Å². The van der Waals surface area contributed by atoms with Crippen molar-refractivity contribution < 1.29 is 18.8 Å².